The fourth-order valence-corrected chi connectivity index (χ4v) is 2.58. The number of aromatic nitrogens is 2. The molecule has 2 rings (SSSR count). The number of nitrogens with two attached hydrogens (primary N) is 1. The number of anilines is 1. The van der Waals surface area contributed by atoms with E-state index in [0.29, 0.717) is 16.7 Å². The average Bonchev–Trinajstić information content (AvgIpc) is 2.76. The van der Waals surface area contributed by atoms with Gasteiger partial charge in [0.15, 0.2) is 5.82 Å². The Bertz CT molecular complexity index is 434. The molecule has 0 aliphatic carbocycles. The normalized spacial score (nSPS) is 19.5. The van der Waals surface area contributed by atoms with Crippen molar-refractivity contribution in [3.63, 3.8) is 0 Å². The molecule has 18 heavy (non-hydrogen) atoms. The van der Waals surface area contributed by atoms with Crippen LogP contribution in [-0.2, 0) is 0 Å². The summed E-state index contributed by atoms with van der Waals surface area (Å²) in [6.07, 6.45) is 5.68. The Labute approximate surface area is 113 Å². The van der Waals surface area contributed by atoms with Crippen LogP contribution >= 0.6 is 12.2 Å². The summed E-state index contributed by atoms with van der Waals surface area (Å²) in [5.41, 5.74) is 6.36. The number of likely N-dealkylation sites (N-methyl/N-ethyl adjacent to an activating group) is 1. The van der Waals surface area contributed by atoms with Gasteiger partial charge in [-0.25, -0.2) is 9.97 Å². The van der Waals surface area contributed by atoms with Gasteiger partial charge >= 0.3 is 0 Å². The van der Waals surface area contributed by atoms with E-state index in [9.17, 15) is 0 Å². The van der Waals surface area contributed by atoms with Crippen LogP contribution in [0.25, 0.3) is 0 Å². The molecule has 0 saturated carbocycles. The van der Waals surface area contributed by atoms with Crippen molar-refractivity contribution in [2.75, 3.05) is 32.1 Å². The van der Waals surface area contributed by atoms with Gasteiger partial charge in [0.1, 0.15) is 10.7 Å². The summed E-state index contributed by atoms with van der Waals surface area (Å²) in [5, 5.41) is 0. The van der Waals surface area contributed by atoms with Crippen molar-refractivity contribution < 1.29 is 0 Å². The SMILES string of the molecule is CN(C)CC1CCCN1c1nccnc1C(N)=S. The zero-order valence-corrected chi connectivity index (χ0v) is 11.7. The second kappa shape index (κ2) is 5.58. The minimum absolute atomic E-state index is 0.314. The Morgan fingerprint density at radius 2 is 2.22 bits per heavy atom. The van der Waals surface area contributed by atoms with Crippen LogP contribution in [-0.4, -0.2) is 53.1 Å². The minimum atomic E-state index is 0.314. The van der Waals surface area contributed by atoms with E-state index in [1.807, 2.05) is 0 Å². The topological polar surface area (TPSA) is 58.3 Å². The van der Waals surface area contributed by atoms with E-state index >= 15 is 0 Å². The fourth-order valence-electron chi connectivity index (χ4n) is 2.44. The van der Waals surface area contributed by atoms with E-state index in [0.717, 1.165) is 18.9 Å². The van der Waals surface area contributed by atoms with Gasteiger partial charge in [-0.1, -0.05) is 12.2 Å². The molecule has 0 radical (unpaired) electrons. The zero-order chi connectivity index (χ0) is 13.1. The van der Waals surface area contributed by atoms with Crippen molar-refractivity contribution >= 4 is 23.0 Å². The van der Waals surface area contributed by atoms with Gasteiger partial charge in [-0.05, 0) is 26.9 Å². The molecule has 1 aromatic rings. The predicted molar refractivity (Wildman–Crippen MR) is 76.8 cm³/mol. The van der Waals surface area contributed by atoms with Gasteiger partial charge in [0.2, 0.25) is 0 Å². The van der Waals surface area contributed by atoms with E-state index in [1.165, 1.54) is 12.8 Å². The molecule has 2 N–H and O–H groups in total. The van der Waals surface area contributed by atoms with Gasteiger partial charge in [0.25, 0.3) is 0 Å². The molecule has 5 nitrogen and oxygen atoms in total. The van der Waals surface area contributed by atoms with Crippen LogP contribution in [0.5, 0.6) is 0 Å². The maximum Gasteiger partial charge on any atom is 0.157 e. The van der Waals surface area contributed by atoms with Crippen molar-refractivity contribution in [1.82, 2.24) is 14.9 Å². The van der Waals surface area contributed by atoms with Crippen LogP contribution < -0.4 is 10.6 Å². The Morgan fingerprint density at radius 1 is 1.50 bits per heavy atom. The first-order chi connectivity index (χ1) is 8.59. The highest BCUT2D eigenvalue weighted by molar-refractivity contribution is 7.80. The first-order valence-corrected chi connectivity index (χ1v) is 6.52. The molecule has 1 aliphatic rings. The van der Waals surface area contributed by atoms with Crippen LogP contribution in [0.1, 0.15) is 18.5 Å². The average molecular weight is 265 g/mol. The lowest BCUT2D eigenvalue weighted by Gasteiger charge is -2.28. The van der Waals surface area contributed by atoms with Crippen LogP contribution in [0.2, 0.25) is 0 Å². The van der Waals surface area contributed by atoms with Gasteiger partial charge in [-0.3, -0.25) is 0 Å². The predicted octanol–water partition coefficient (Wildman–Crippen LogP) is 0.641. The molecule has 1 atom stereocenters. The first kappa shape index (κ1) is 13.2. The second-order valence-electron chi connectivity index (χ2n) is 4.84. The van der Waals surface area contributed by atoms with E-state index < -0.39 is 0 Å². The molecule has 2 heterocycles. The number of hydrogen-bond donors (Lipinski definition) is 1. The van der Waals surface area contributed by atoms with Gasteiger partial charge < -0.3 is 15.5 Å². The van der Waals surface area contributed by atoms with E-state index in [1.54, 1.807) is 12.4 Å². The molecule has 0 spiro atoms. The lowest BCUT2D eigenvalue weighted by atomic mass is 10.2. The molecule has 0 aromatic carbocycles. The fraction of sp³-hybridized carbons (Fsp3) is 0.583. The summed E-state index contributed by atoms with van der Waals surface area (Å²) in [4.78, 5) is 13.5. The third kappa shape index (κ3) is 2.76. The zero-order valence-electron chi connectivity index (χ0n) is 10.8. The highest BCUT2D eigenvalue weighted by Gasteiger charge is 2.28. The Kier molecular flexibility index (Phi) is 4.08. The maximum atomic E-state index is 5.72. The Hall–Kier alpha value is -1.27. The van der Waals surface area contributed by atoms with Gasteiger partial charge in [0.05, 0.1) is 0 Å². The highest BCUT2D eigenvalue weighted by Crippen LogP contribution is 2.25. The summed E-state index contributed by atoms with van der Waals surface area (Å²) in [6, 6.07) is 0.463. The number of nitrogens with zero attached hydrogens (tertiary/aromatic N) is 4. The van der Waals surface area contributed by atoms with Crippen LogP contribution in [0.4, 0.5) is 5.82 Å². The standard InChI is InChI=1S/C12H19N5S/c1-16(2)8-9-4-3-7-17(9)12-10(11(13)18)14-5-6-15-12/h5-6,9H,3-4,7-8H2,1-2H3,(H2,13,18). The molecule has 98 valence electrons. The summed E-state index contributed by atoms with van der Waals surface area (Å²) in [5.74, 6) is 0.828. The lowest BCUT2D eigenvalue weighted by Crippen LogP contribution is -2.39. The number of thiocarbonyl (C=S) groups is 1. The third-order valence-electron chi connectivity index (χ3n) is 3.14. The molecular weight excluding hydrogens is 246 g/mol. The molecule has 1 aromatic heterocycles. The number of hydrogen-bond acceptors (Lipinski definition) is 5. The molecule has 6 heteroatoms. The van der Waals surface area contributed by atoms with Gasteiger partial charge in [0, 0.05) is 31.5 Å². The van der Waals surface area contributed by atoms with Gasteiger partial charge in [-0.2, -0.15) is 0 Å². The Balaban J connectivity index is 2.27. The summed E-state index contributed by atoms with van der Waals surface area (Å²) in [6.45, 7) is 2.00. The van der Waals surface area contributed by atoms with Crippen LogP contribution in [0.3, 0.4) is 0 Å². The number of rotatable bonds is 4. The van der Waals surface area contributed by atoms with Gasteiger partial charge in [-0.15, -0.1) is 0 Å². The molecular formula is C12H19N5S. The largest absolute Gasteiger partial charge is 0.388 e. The van der Waals surface area contributed by atoms with E-state index in [-0.39, 0.29) is 0 Å². The van der Waals surface area contributed by atoms with E-state index in [4.69, 9.17) is 18.0 Å². The van der Waals surface area contributed by atoms with Crippen LogP contribution in [0, 0.1) is 0 Å². The van der Waals surface area contributed by atoms with Crippen molar-refractivity contribution in [2.24, 2.45) is 5.73 Å². The molecule has 0 amide bonds. The second-order valence-corrected chi connectivity index (χ2v) is 5.28. The van der Waals surface area contributed by atoms with Crippen molar-refractivity contribution in [1.29, 1.82) is 0 Å². The first-order valence-electron chi connectivity index (χ1n) is 6.11. The van der Waals surface area contributed by atoms with Crippen molar-refractivity contribution in [3.05, 3.63) is 18.1 Å². The minimum Gasteiger partial charge on any atom is -0.388 e. The van der Waals surface area contributed by atoms with E-state index in [2.05, 4.69) is 33.9 Å². The maximum absolute atomic E-state index is 5.72. The monoisotopic (exact) mass is 265 g/mol. The van der Waals surface area contributed by atoms with Crippen molar-refractivity contribution in [2.45, 2.75) is 18.9 Å². The smallest absolute Gasteiger partial charge is 0.157 e. The molecule has 1 aliphatic heterocycles. The summed E-state index contributed by atoms with van der Waals surface area (Å²) < 4.78 is 0. The molecule has 0 bridgehead atoms. The molecule has 1 fully saturated rings. The van der Waals surface area contributed by atoms with Crippen LogP contribution in [0.15, 0.2) is 12.4 Å². The highest BCUT2D eigenvalue weighted by atomic mass is 32.1. The van der Waals surface area contributed by atoms with Crippen molar-refractivity contribution in [3.8, 4) is 0 Å². The summed E-state index contributed by atoms with van der Waals surface area (Å²) in [7, 11) is 4.17. The molecule has 1 unspecified atom stereocenters. The Morgan fingerprint density at radius 3 is 2.89 bits per heavy atom. The summed E-state index contributed by atoms with van der Waals surface area (Å²) >= 11 is 5.05. The third-order valence-corrected chi connectivity index (χ3v) is 3.33. The quantitative estimate of drug-likeness (QED) is 0.806. The molecule has 1 saturated heterocycles. The lowest BCUT2D eigenvalue weighted by molar-refractivity contribution is 0.371.